The lowest BCUT2D eigenvalue weighted by Gasteiger charge is -2.00. The van der Waals surface area contributed by atoms with Crippen LogP contribution in [0.5, 0.6) is 5.88 Å². The van der Waals surface area contributed by atoms with Crippen LogP contribution < -0.4 is 4.74 Å². The van der Waals surface area contributed by atoms with E-state index in [9.17, 15) is 0 Å². The molecular weight excluding hydrogens is 154 g/mol. The molecule has 0 amide bonds. The number of hydrogen-bond acceptors (Lipinski definition) is 4. The van der Waals surface area contributed by atoms with Gasteiger partial charge >= 0.3 is 0 Å². The summed E-state index contributed by atoms with van der Waals surface area (Å²) in [6.07, 6.45) is 7.64. The predicted molar refractivity (Wildman–Crippen MR) is 41.1 cm³/mol. The molecule has 1 heterocycles. The van der Waals surface area contributed by atoms with E-state index in [1.54, 1.807) is 0 Å². The molecule has 0 bridgehead atoms. The van der Waals surface area contributed by atoms with Crippen LogP contribution in [0.3, 0.4) is 0 Å². The first-order valence-corrected chi connectivity index (χ1v) is 3.15. The maximum Gasteiger partial charge on any atom is 0.235 e. The molecular formula is C8H5N3O. The summed E-state index contributed by atoms with van der Waals surface area (Å²) in [6, 6.07) is 1.89. The summed E-state index contributed by atoms with van der Waals surface area (Å²) in [5.74, 6) is 2.50. The van der Waals surface area contributed by atoms with Crippen molar-refractivity contribution in [1.82, 2.24) is 9.97 Å². The van der Waals surface area contributed by atoms with Gasteiger partial charge in [-0.25, -0.2) is 9.97 Å². The summed E-state index contributed by atoms with van der Waals surface area (Å²) in [4.78, 5) is 7.39. The Morgan fingerprint density at radius 3 is 3.17 bits per heavy atom. The van der Waals surface area contributed by atoms with E-state index in [2.05, 4.69) is 15.9 Å². The van der Waals surface area contributed by atoms with Crippen molar-refractivity contribution in [3.05, 3.63) is 18.1 Å². The maximum atomic E-state index is 8.56. The van der Waals surface area contributed by atoms with E-state index in [0.29, 0.717) is 0 Å². The Morgan fingerprint density at radius 1 is 1.67 bits per heavy atom. The Morgan fingerprint density at radius 2 is 2.50 bits per heavy atom. The fraction of sp³-hybridized carbons (Fsp3) is 0.125. The fourth-order valence-electron chi connectivity index (χ4n) is 0.620. The molecule has 0 atom stereocenters. The largest absolute Gasteiger partial charge is 0.463 e. The summed E-state index contributed by atoms with van der Waals surface area (Å²) in [6.45, 7) is 0.103. The molecule has 12 heavy (non-hydrogen) atoms. The molecule has 0 saturated heterocycles. The number of nitrogens with zero attached hydrogens (tertiary/aromatic N) is 3. The molecule has 58 valence electrons. The minimum absolute atomic E-state index is 0.103. The normalized spacial score (nSPS) is 8.17. The third-order valence-corrected chi connectivity index (χ3v) is 1.09. The molecule has 0 aliphatic carbocycles. The summed E-state index contributed by atoms with van der Waals surface area (Å²) in [5, 5.41) is 8.56. The predicted octanol–water partition coefficient (Wildman–Crippen LogP) is 0.360. The van der Waals surface area contributed by atoms with E-state index in [0.717, 1.165) is 0 Å². The highest BCUT2D eigenvalue weighted by Crippen LogP contribution is 2.10. The second kappa shape index (κ2) is 3.95. The molecule has 0 radical (unpaired) electrons. The zero-order chi connectivity index (χ0) is 8.81. The van der Waals surface area contributed by atoms with Gasteiger partial charge in [0.1, 0.15) is 18.0 Å². The van der Waals surface area contributed by atoms with Crippen molar-refractivity contribution in [2.75, 3.05) is 6.61 Å². The highest BCUT2D eigenvalue weighted by molar-refractivity contribution is 5.34. The summed E-state index contributed by atoms with van der Waals surface area (Å²) >= 11 is 0. The maximum absolute atomic E-state index is 8.56. The Kier molecular flexibility index (Phi) is 2.64. The first-order chi connectivity index (χ1) is 5.88. The molecule has 0 fully saturated rings. The molecule has 0 aliphatic heterocycles. The van der Waals surface area contributed by atoms with Crippen LogP contribution in [0.15, 0.2) is 12.5 Å². The third kappa shape index (κ3) is 1.71. The fourth-order valence-corrected chi connectivity index (χ4v) is 0.620. The van der Waals surface area contributed by atoms with Crippen LogP contribution in [0.1, 0.15) is 5.56 Å². The van der Waals surface area contributed by atoms with E-state index in [1.165, 1.54) is 12.5 Å². The zero-order valence-corrected chi connectivity index (χ0v) is 6.19. The van der Waals surface area contributed by atoms with Crippen molar-refractivity contribution in [2.45, 2.75) is 0 Å². The van der Waals surface area contributed by atoms with Gasteiger partial charge in [-0.3, -0.25) is 0 Å². The lowest BCUT2D eigenvalue weighted by Crippen LogP contribution is -1.98. The Bertz CT molecular complexity index is 348. The molecule has 0 aliphatic rings. The second-order valence-corrected chi connectivity index (χ2v) is 1.85. The van der Waals surface area contributed by atoms with Crippen molar-refractivity contribution in [3.63, 3.8) is 0 Å². The minimum Gasteiger partial charge on any atom is -0.463 e. The minimum atomic E-state index is 0.103. The van der Waals surface area contributed by atoms with Gasteiger partial charge in [-0.1, -0.05) is 5.92 Å². The van der Waals surface area contributed by atoms with Crippen LogP contribution in [0.25, 0.3) is 0 Å². The molecule has 1 rings (SSSR count). The average Bonchev–Trinajstić information content (AvgIpc) is 2.15. The molecule has 4 nitrogen and oxygen atoms in total. The zero-order valence-electron chi connectivity index (χ0n) is 6.19. The van der Waals surface area contributed by atoms with Crippen molar-refractivity contribution in [3.8, 4) is 24.3 Å². The number of aromatic nitrogens is 2. The van der Waals surface area contributed by atoms with Crippen LogP contribution >= 0.6 is 0 Å². The van der Waals surface area contributed by atoms with E-state index >= 15 is 0 Å². The van der Waals surface area contributed by atoms with Crippen LogP contribution in [-0.4, -0.2) is 16.6 Å². The molecule has 0 saturated carbocycles. The third-order valence-electron chi connectivity index (χ3n) is 1.09. The SMILES string of the molecule is C#CCOc1ncncc1C#N. The van der Waals surface area contributed by atoms with Gasteiger partial charge in [0.05, 0.1) is 6.20 Å². The molecule has 0 unspecified atom stereocenters. The second-order valence-electron chi connectivity index (χ2n) is 1.85. The Labute approximate surface area is 69.8 Å². The van der Waals surface area contributed by atoms with Gasteiger partial charge in [-0.05, 0) is 0 Å². The number of nitriles is 1. The van der Waals surface area contributed by atoms with Crippen LogP contribution in [0.4, 0.5) is 0 Å². The Hall–Kier alpha value is -2.07. The van der Waals surface area contributed by atoms with Gasteiger partial charge < -0.3 is 4.74 Å². The summed E-state index contributed by atoms with van der Waals surface area (Å²) in [7, 11) is 0. The number of terminal acetylenes is 1. The first-order valence-electron chi connectivity index (χ1n) is 3.15. The average molecular weight is 159 g/mol. The van der Waals surface area contributed by atoms with Gasteiger partial charge in [-0.15, -0.1) is 6.42 Å². The number of rotatable bonds is 2. The molecule has 1 aromatic heterocycles. The Balaban J connectivity index is 2.86. The highest BCUT2D eigenvalue weighted by atomic mass is 16.5. The van der Waals surface area contributed by atoms with Crippen LogP contribution in [0, 0.1) is 23.7 Å². The van der Waals surface area contributed by atoms with Gasteiger partial charge in [0, 0.05) is 0 Å². The monoisotopic (exact) mass is 159 g/mol. The summed E-state index contributed by atoms with van der Waals surface area (Å²) in [5.41, 5.74) is 0.285. The first kappa shape index (κ1) is 8.03. The van der Waals surface area contributed by atoms with Crippen molar-refractivity contribution >= 4 is 0 Å². The van der Waals surface area contributed by atoms with Gasteiger partial charge in [-0.2, -0.15) is 5.26 Å². The van der Waals surface area contributed by atoms with E-state index in [4.69, 9.17) is 16.4 Å². The molecule has 1 aromatic rings. The quantitative estimate of drug-likeness (QED) is 0.584. The topological polar surface area (TPSA) is 58.8 Å². The molecule has 0 spiro atoms. The highest BCUT2D eigenvalue weighted by Gasteiger charge is 2.01. The molecule has 4 heteroatoms. The van der Waals surface area contributed by atoms with Gasteiger partial charge in [0.2, 0.25) is 5.88 Å². The number of hydrogen-bond donors (Lipinski definition) is 0. The lowest BCUT2D eigenvalue weighted by atomic mass is 10.4. The van der Waals surface area contributed by atoms with E-state index < -0.39 is 0 Å². The molecule has 0 N–H and O–H groups in total. The van der Waals surface area contributed by atoms with Crippen molar-refractivity contribution in [2.24, 2.45) is 0 Å². The van der Waals surface area contributed by atoms with E-state index in [-0.39, 0.29) is 18.1 Å². The van der Waals surface area contributed by atoms with Gasteiger partial charge in [0.15, 0.2) is 6.61 Å². The van der Waals surface area contributed by atoms with Gasteiger partial charge in [0.25, 0.3) is 0 Å². The smallest absolute Gasteiger partial charge is 0.235 e. The van der Waals surface area contributed by atoms with E-state index in [1.807, 2.05) is 6.07 Å². The molecule has 0 aromatic carbocycles. The number of ether oxygens (including phenoxy) is 1. The van der Waals surface area contributed by atoms with Crippen molar-refractivity contribution in [1.29, 1.82) is 5.26 Å². The van der Waals surface area contributed by atoms with Crippen molar-refractivity contribution < 1.29 is 4.74 Å². The van der Waals surface area contributed by atoms with Crippen LogP contribution in [0.2, 0.25) is 0 Å². The lowest BCUT2D eigenvalue weighted by molar-refractivity contribution is 0.353. The standard InChI is InChI=1S/C8H5N3O/c1-2-3-12-8-7(4-9)5-10-6-11-8/h1,5-6H,3H2. The van der Waals surface area contributed by atoms with Crippen LogP contribution in [-0.2, 0) is 0 Å². The summed E-state index contributed by atoms with van der Waals surface area (Å²) < 4.78 is 4.97.